The number of carbonyl (C=O) groups is 2. The molecule has 0 aromatic carbocycles. The van der Waals surface area contributed by atoms with Crippen LogP contribution in [0.5, 0.6) is 0 Å². The van der Waals surface area contributed by atoms with E-state index in [1.165, 1.54) is 6.92 Å². The van der Waals surface area contributed by atoms with Crippen molar-refractivity contribution in [2.45, 2.75) is 13.8 Å². The Kier molecular flexibility index (Phi) is 4.25. The first-order valence-corrected chi connectivity index (χ1v) is 5.04. The molecule has 2 amide bonds. The number of hydrogen-bond acceptors (Lipinski definition) is 3. The molecule has 1 rings (SSSR count). The minimum absolute atomic E-state index is 0.0581. The van der Waals surface area contributed by atoms with Gasteiger partial charge in [0.15, 0.2) is 0 Å². The van der Waals surface area contributed by atoms with Crippen LogP contribution in [0.3, 0.4) is 0 Å². The standard InChI is InChI=1S/C10H12ClN3O2/c1-6-8(3-4-9(11)13-6)14-10(16)5-12-7(2)15/h3-4H,5H2,1-2H3,(H,12,15)(H,14,16). The van der Waals surface area contributed by atoms with Crippen molar-refractivity contribution in [3.05, 3.63) is 23.0 Å². The van der Waals surface area contributed by atoms with Crippen molar-refractivity contribution < 1.29 is 9.59 Å². The Morgan fingerprint density at radius 1 is 1.44 bits per heavy atom. The van der Waals surface area contributed by atoms with Gasteiger partial charge in [-0.1, -0.05) is 11.6 Å². The topological polar surface area (TPSA) is 71.1 Å². The van der Waals surface area contributed by atoms with Crippen LogP contribution in [-0.2, 0) is 9.59 Å². The second-order valence-corrected chi connectivity index (χ2v) is 3.61. The number of amides is 2. The van der Waals surface area contributed by atoms with Gasteiger partial charge in [-0.25, -0.2) is 4.98 Å². The zero-order valence-corrected chi connectivity index (χ0v) is 9.76. The summed E-state index contributed by atoms with van der Waals surface area (Å²) in [4.78, 5) is 25.9. The lowest BCUT2D eigenvalue weighted by Gasteiger charge is -2.07. The summed E-state index contributed by atoms with van der Waals surface area (Å²) in [6.07, 6.45) is 0. The maximum Gasteiger partial charge on any atom is 0.243 e. The fourth-order valence-corrected chi connectivity index (χ4v) is 1.25. The van der Waals surface area contributed by atoms with Crippen molar-refractivity contribution in [3.8, 4) is 0 Å². The molecule has 0 bridgehead atoms. The molecule has 0 unspecified atom stereocenters. The number of pyridine rings is 1. The Morgan fingerprint density at radius 3 is 2.69 bits per heavy atom. The molecule has 0 aliphatic carbocycles. The summed E-state index contributed by atoms with van der Waals surface area (Å²) in [5.74, 6) is -0.552. The SMILES string of the molecule is CC(=O)NCC(=O)Nc1ccc(Cl)nc1C. The molecule has 0 spiro atoms. The van der Waals surface area contributed by atoms with E-state index in [0.29, 0.717) is 16.5 Å². The largest absolute Gasteiger partial charge is 0.347 e. The highest BCUT2D eigenvalue weighted by molar-refractivity contribution is 6.29. The average molecular weight is 242 g/mol. The van der Waals surface area contributed by atoms with E-state index in [1.54, 1.807) is 19.1 Å². The van der Waals surface area contributed by atoms with Crippen LogP contribution in [0, 0.1) is 6.92 Å². The molecule has 0 fully saturated rings. The Labute approximate surface area is 98.2 Å². The third-order valence-electron chi connectivity index (χ3n) is 1.82. The molecule has 6 heteroatoms. The third kappa shape index (κ3) is 3.86. The highest BCUT2D eigenvalue weighted by atomic mass is 35.5. The fourth-order valence-electron chi connectivity index (χ4n) is 1.06. The monoisotopic (exact) mass is 241 g/mol. The predicted octanol–water partition coefficient (Wildman–Crippen LogP) is 1.12. The van der Waals surface area contributed by atoms with Crippen LogP contribution in [0.2, 0.25) is 5.15 Å². The minimum atomic E-state index is -0.303. The summed E-state index contributed by atoms with van der Waals surface area (Å²) in [6.45, 7) is 3.03. The molecule has 2 N–H and O–H groups in total. The van der Waals surface area contributed by atoms with Gasteiger partial charge in [0.25, 0.3) is 0 Å². The second-order valence-electron chi connectivity index (χ2n) is 3.22. The second kappa shape index (κ2) is 5.46. The lowest BCUT2D eigenvalue weighted by molar-refractivity contribution is -0.122. The smallest absolute Gasteiger partial charge is 0.243 e. The molecule has 16 heavy (non-hydrogen) atoms. The molecule has 0 atom stereocenters. The zero-order valence-electron chi connectivity index (χ0n) is 9.00. The minimum Gasteiger partial charge on any atom is -0.347 e. The molecule has 0 aliphatic rings. The van der Waals surface area contributed by atoms with E-state index in [0.717, 1.165) is 0 Å². The van der Waals surface area contributed by atoms with Crippen molar-refractivity contribution in [1.29, 1.82) is 0 Å². The summed E-state index contributed by atoms with van der Waals surface area (Å²) in [6, 6.07) is 3.25. The van der Waals surface area contributed by atoms with E-state index in [2.05, 4.69) is 15.6 Å². The van der Waals surface area contributed by atoms with Crippen molar-refractivity contribution in [3.63, 3.8) is 0 Å². The molecule has 0 radical (unpaired) electrons. The Bertz CT molecular complexity index is 421. The van der Waals surface area contributed by atoms with Crippen LogP contribution in [0.4, 0.5) is 5.69 Å². The van der Waals surface area contributed by atoms with Gasteiger partial charge in [0.1, 0.15) is 5.15 Å². The van der Waals surface area contributed by atoms with Gasteiger partial charge < -0.3 is 10.6 Å². The maximum atomic E-state index is 11.4. The van der Waals surface area contributed by atoms with Crippen molar-refractivity contribution >= 4 is 29.1 Å². The fraction of sp³-hybridized carbons (Fsp3) is 0.300. The molecule has 0 saturated heterocycles. The van der Waals surface area contributed by atoms with Crippen LogP contribution in [0.1, 0.15) is 12.6 Å². The first-order chi connectivity index (χ1) is 7.49. The van der Waals surface area contributed by atoms with Crippen molar-refractivity contribution in [2.75, 3.05) is 11.9 Å². The van der Waals surface area contributed by atoms with Gasteiger partial charge in [-0.05, 0) is 19.1 Å². The number of halogens is 1. The molecule has 0 aliphatic heterocycles. The van der Waals surface area contributed by atoms with Crippen LogP contribution >= 0.6 is 11.6 Å². The molecule has 86 valence electrons. The van der Waals surface area contributed by atoms with Gasteiger partial charge in [-0.2, -0.15) is 0 Å². The predicted molar refractivity (Wildman–Crippen MR) is 61.3 cm³/mol. The molecule has 0 saturated carbocycles. The van der Waals surface area contributed by atoms with Crippen LogP contribution in [0.25, 0.3) is 0 Å². The first-order valence-electron chi connectivity index (χ1n) is 4.66. The molecule has 5 nitrogen and oxygen atoms in total. The van der Waals surface area contributed by atoms with Gasteiger partial charge in [0.2, 0.25) is 11.8 Å². The van der Waals surface area contributed by atoms with Gasteiger partial charge in [-0.3, -0.25) is 9.59 Å². The highest BCUT2D eigenvalue weighted by Gasteiger charge is 2.06. The molecule has 1 aromatic rings. The van der Waals surface area contributed by atoms with Crippen LogP contribution in [-0.4, -0.2) is 23.3 Å². The molecular formula is C10H12ClN3O2. The lowest BCUT2D eigenvalue weighted by atomic mass is 10.3. The normalized spacial score (nSPS) is 9.69. The number of hydrogen-bond donors (Lipinski definition) is 2. The summed E-state index contributed by atoms with van der Waals surface area (Å²) in [5.41, 5.74) is 1.21. The summed E-state index contributed by atoms with van der Waals surface area (Å²) in [5, 5.41) is 5.39. The van der Waals surface area contributed by atoms with Crippen LogP contribution < -0.4 is 10.6 Å². The van der Waals surface area contributed by atoms with E-state index in [1.807, 2.05) is 0 Å². The summed E-state index contributed by atoms with van der Waals surface area (Å²) < 4.78 is 0. The third-order valence-corrected chi connectivity index (χ3v) is 2.03. The molecule has 1 heterocycles. The van der Waals surface area contributed by atoms with E-state index >= 15 is 0 Å². The Morgan fingerprint density at radius 2 is 2.12 bits per heavy atom. The van der Waals surface area contributed by atoms with E-state index < -0.39 is 0 Å². The summed E-state index contributed by atoms with van der Waals surface area (Å²) in [7, 11) is 0. The number of nitrogens with one attached hydrogen (secondary N) is 2. The summed E-state index contributed by atoms with van der Waals surface area (Å²) >= 11 is 5.68. The number of anilines is 1. The average Bonchev–Trinajstić information content (AvgIpc) is 2.19. The lowest BCUT2D eigenvalue weighted by Crippen LogP contribution is -2.31. The number of rotatable bonds is 3. The van der Waals surface area contributed by atoms with E-state index in [4.69, 9.17) is 11.6 Å². The van der Waals surface area contributed by atoms with Gasteiger partial charge in [0.05, 0.1) is 17.9 Å². The quantitative estimate of drug-likeness (QED) is 0.779. The number of carbonyl (C=O) groups excluding carboxylic acids is 2. The molecular weight excluding hydrogens is 230 g/mol. The van der Waals surface area contributed by atoms with E-state index in [9.17, 15) is 9.59 Å². The number of aromatic nitrogens is 1. The zero-order chi connectivity index (χ0) is 12.1. The number of aryl methyl sites for hydroxylation is 1. The molecule has 1 aromatic heterocycles. The highest BCUT2D eigenvalue weighted by Crippen LogP contribution is 2.15. The van der Waals surface area contributed by atoms with E-state index in [-0.39, 0.29) is 18.4 Å². The van der Waals surface area contributed by atoms with Crippen molar-refractivity contribution in [1.82, 2.24) is 10.3 Å². The van der Waals surface area contributed by atoms with Gasteiger partial charge >= 0.3 is 0 Å². The van der Waals surface area contributed by atoms with Gasteiger partial charge in [-0.15, -0.1) is 0 Å². The van der Waals surface area contributed by atoms with Crippen LogP contribution in [0.15, 0.2) is 12.1 Å². The Balaban J connectivity index is 2.59. The van der Waals surface area contributed by atoms with Gasteiger partial charge in [0, 0.05) is 6.92 Å². The number of nitrogens with zero attached hydrogens (tertiary/aromatic N) is 1. The van der Waals surface area contributed by atoms with Crippen molar-refractivity contribution in [2.24, 2.45) is 0 Å². The Hall–Kier alpha value is -1.62. The first kappa shape index (κ1) is 12.4. The maximum absolute atomic E-state index is 11.4.